The molecule has 2 heteroatoms. The van der Waals surface area contributed by atoms with Crippen LogP contribution in [0.25, 0.3) is 0 Å². The van der Waals surface area contributed by atoms with E-state index in [1.54, 1.807) is 0 Å². The second-order valence-corrected chi connectivity index (χ2v) is 6.99. The van der Waals surface area contributed by atoms with Crippen molar-refractivity contribution in [2.45, 2.75) is 47.1 Å². The van der Waals surface area contributed by atoms with Crippen LogP contribution >= 0.6 is 11.3 Å². The summed E-state index contributed by atoms with van der Waals surface area (Å²) in [4.78, 5) is 2.89. The molecule has 1 N–H and O–H groups in total. The van der Waals surface area contributed by atoms with Gasteiger partial charge in [0.2, 0.25) is 0 Å². The number of hydrogen-bond donors (Lipinski definition) is 1. The molecule has 0 bridgehead atoms. The summed E-state index contributed by atoms with van der Waals surface area (Å²) in [5.41, 5.74) is 5.55. The standard InChI is InChI=1S/C18H25NS/c1-6-19-17(18-10-14(4)15(5)20-18)11-16-8-12(2)7-13(3)9-16/h7-10,17,19H,6,11H2,1-5H3. The highest BCUT2D eigenvalue weighted by molar-refractivity contribution is 7.12. The zero-order chi connectivity index (χ0) is 14.7. The fourth-order valence-corrected chi connectivity index (χ4v) is 3.83. The van der Waals surface area contributed by atoms with Crippen LogP contribution in [0.15, 0.2) is 24.3 Å². The predicted octanol–water partition coefficient (Wildman–Crippen LogP) is 4.88. The molecule has 1 atom stereocenters. The summed E-state index contributed by atoms with van der Waals surface area (Å²) < 4.78 is 0. The number of thiophene rings is 1. The Morgan fingerprint density at radius 3 is 2.15 bits per heavy atom. The van der Waals surface area contributed by atoms with Crippen molar-refractivity contribution in [1.29, 1.82) is 0 Å². The smallest absolute Gasteiger partial charge is 0.0455 e. The number of nitrogens with one attached hydrogen (secondary N) is 1. The van der Waals surface area contributed by atoms with Crippen LogP contribution in [0.5, 0.6) is 0 Å². The first kappa shape index (κ1) is 15.3. The Labute approximate surface area is 127 Å². The second-order valence-electron chi connectivity index (χ2n) is 5.70. The molecule has 1 nitrogen and oxygen atoms in total. The lowest BCUT2D eigenvalue weighted by atomic mass is 10.00. The molecule has 1 unspecified atom stereocenters. The number of rotatable bonds is 5. The molecular formula is C18H25NS. The van der Waals surface area contributed by atoms with Crippen LogP contribution in [-0.2, 0) is 6.42 Å². The lowest BCUT2D eigenvalue weighted by Gasteiger charge is -2.17. The molecule has 2 aromatic rings. The minimum atomic E-state index is 0.429. The molecule has 0 radical (unpaired) electrons. The van der Waals surface area contributed by atoms with Crippen LogP contribution in [0.4, 0.5) is 0 Å². The van der Waals surface area contributed by atoms with Crippen LogP contribution in [0.3, 0.4) is 0 Å². The average molecular weight is 287 g/mol. The Bertz CT molecular complexity index is 543. The van der Waals surface area contributed by atoms with E-state index in [-0.39, 0.29) is 0 Å². The predicted molar refractivity (Wildman–Crippen MR) is 89.8 cm³/mol. The zero-order valence-electron chi connectivity index (χ0n) is 13.2. The molecule has 1 aromatic carbocycles. The third-order valence-electron chi connectivity index (χ3n) is 3.70. The highest BCUT2D eigenvalue weighted by atomic mass is 32.1. The number of hydrogen-bond acceptors (Lipinski definition) is 2. The van der Waals surface area contributed by atoms with Gasteiger partial charge in [0.1, 0.15) is 0 Å². The van der Waals surface area contributed by atoms with E-state index in [9.17, 15) is 0 Å². The van der Waals surface area contributed by atoms with Crippen molar-refractivity contribution in [3.8, 4) is 0 Å². The van der Waals surface area contributed by atoms with Crippen molar-refractivity contribution >= 4 is 11.3 Å². The summed E-state index contributed by atoms with van der Waals surface area (Å²) in [7, 11) is 0. The van der Waals surface area contributed by atoms with E-state index in [1.807, 2.05) is 11.3 Å². The molecule has 0 aliphatic carbocycles. The molecule has 2 rings (SSSR count). The number of aryl methyl sites for hydroxylation is 4. The fraction of sp³-hybridized carbons (Fsp3) is 0.444. The maximum Gasteiger partial charge on any atom is 0.0455 e. The summed E-state index contributed by atoms with van der Waals surface area (Å²) in [5, 5.41) is 3.64. The third kappa shape index (κ3) is 3.71. The number of benzene rings is 1. The largest absolute Gasteiger partial charge is 0.309 e. The van der Waals surface area contributed by atoms with E-state index in [0.29, 0.717) is 6.04 Å². The third-order valence-corrected chi connectivity index (χ3v) is 4.97. The molecule has 1 aromatic heterocycles. The van der Waals surface area contributed by atoms with Gasteiger partial charge in [-0.15, -0.1) is 11.3 Å². The van der Waals surface area contributed by atoms with Gasteiger partial charge in [0, 0.05) is 15.8 Å². The molecule has 0 saturated carbocycles. The van der Waals surface area contributed by atoms with Gasteiger partial charge in [-0.1, -0.05) is 36.2 Å². The molecule has 20 heavy (non-hydrogen) atoms. The molecule has 0 amide bonds. The zero-order valence-corrected chi connectivity index (χ0v) is 14.0. The Hall–Kier alpha value is -1.12. The lowest BCUT2D eigenvalue weighted by molar-refractivity contribution is 0.558. The minimum absolute atomic E-state index is 0.429. The fourth-order valence-electron chi connectivity index (χ4n) is 2.72. The van der Waals surface area contributed by atoms with E-state index in [0.717, 1.165) is 13.0 Å². The number of likely N-dealkylation sites (N-methyl/N-ethyl adjacent to an activating group) is 1. The highest BCUT2D eigenvalue weighted by Gasteiger charge is 2.15. The van der Waals surface area contributed by atoms with Gasteiger partial charge >= 0.3 is 0 Å². The molecule has 0 fully saturated rings. The normalized spacial score (nSPS) is 12.7. The molecule has 0 aliphatic heterocycles. The summed E-state index contributed by atoms with van der Waals surface area (Å²) >= 11 is 1.93. The summed E-state index contributed by atoms with van der Waals surface area (Å²) in [6, 6.07) is 9.63. The van der Waals surface area contributed by atoms with Crippen LogP contribution in [0.1, 0.15) is 45.0 Å². The molecule has 108 valence electrons. The molecular weight excluding hydrogens is 262 g/mol. The van der Waals surface area contributed by atoms with Gasteiger partial charge in [0.25, 0.3) is 0 Å². The van der Waals surface area contributed by atoms with Crippen LogP contribution in [0, 0.1) is 27.7 Å². The highest BCUT2D eigenvalue weighted by Crippen LogP contribution is 2.29. The van der Waals surface area contributed by atoms with Crippen molar-refractivity contribution in [2.24, 2.45) is 0 Å². The van der Waals surface area contributed by atoms with Crippen molar-refractivity contribution < 1.29 is 0 Å². The maximum absolute atomic E-state index is 3.64. The van der Waals surface area contributed by atoms with Gasteiger partial charge in [-0.2, -0.15) is 0 Å². The monoisotopic (exact) mass is 287 g/mol. The Morgan fingerprint density at radius 1 is 1.00 bits per heavy atom. The first-order valence-electron chi connectivity index (χ1n) is 7.37. The van der Waals surface area contributed by atoms with E-state index in [2.05, 4.69) is 64.2 Å². The quantitative estimate of drug-likeness (QED) is 0.827. The Morgan fingerprint density at radius 2 is 1.65 bits per heavy atom. The molecule has 0 aliphatic rings. The Kier molecular flexibility index (Phi) is 5.00. The topological polar surface area (TPSA) is 12.0 Å². The van der Waals surface area contributed by atoms with Gasteiger partial charge in [-0.3, -0.25) is 0 Å². The van der Waals surface area contributed by atoms with E-state index in [1.165, 1.54) is 32.0 Å². The first-order valence-corrected chi connectivity index (χ1v) is 8.18. The van der Waals surface area contributed by atoms with Crippen LogP contribution in [-0.4, -0.2) is 6.54 Å². The Balaban J connectivity index is 2.24. The van der Waals surface area contributed by atoms with Crippen molar-refractivity contribution in [3.05, 3.63) is 56.3 Å². The first-order chi connectivity index (χ1) is 9.49. The summed E-state index contributed by atoms with van der Waals surface area (Å²) in [6.07, 6.45) is 1.07. The average Bonchev–Trinajstić information content (AvgIpc) is 2.68. The SMILES string of the molecule is CCNC(Cc1cc(C)cc(C)c1)c1cc(C)c(C)s1. The van der Waals surface area contributed by atoms with E-state index < -0.39 is 0 Å². The van der Waals surface area contributed by atoms with Crippen molar-refractivity contribution in [3.63, 3.8) is 0 Å². The van der Waals surface area contributed by atoms with Gasteiger partial charge in [-0.05, 0) is 57.9 Å². The summed E-state index contributed by atoms with van der Waals surface area (Å²) in [5.74, 6) is 0. The minimum Gasteiger partial charge on any atom is -0.309 e. The van der Waals surface area contributed by atoms with Crippen molar-refractivity contribution in [1.82, 2.24) is 5.32 Å². The second kappa shape index (κ2) is 6.55. The molecule has 1 heterocycles. The van der Waals surface area contributed by atoms with Gasteiger partial charge < -0.3 is 5.32 Å². The van der Waals surface area contributed by atoms with E-state index in [4.69, 9.17) is 0 Å². The molecule has 0 saturated heterocycles. The van der Waals surface area contributed by atoms with E-state index >= 15 is 0 Å². The van der Waals surface area contributed by atoms with Crippen LogP contribution in [0.2, 0.25) is 0 Å². The lowest BCUT2D eigenvalue weighted by Crippen LogP contribution is -2.22. The van der Waals surface area contributed by atoms with Crippen LogP contribution < -0.4 is 5.32 Å². The van der Waals surface area contributed by atoms with Gasteiger partial charge in [0.15, 0.2) is 0 Å². The maximum atomic E-state index is 3.64. The molecule has 0 spiro atoms. The van der Waals surface area contributed by atoms with Gasteiger partial charge in [0.05, 0.1) is 0 Å². The summed E-state index contributed by atoms with van der Waals surface area (Å²) in [6.45, 7) is 12.0. The van der Waals surface area contributed by atoms with Gasteiger partial charge in [-0.25, -0.2) is 0 Å². The van der Waals surface area contributed by atoms with Crippen molar-refractivity contribution in [2.75, 3.05) is 6.54 Å².